The average Bonchev–Trinajstić information content (AvgIpc) is 3.78. The van der Waals surface area contributed by atoms with Crippen molar-refractivity contribution in [1.82, 2.24) is 29.8 Å². The Bertz CT molecular complexity index is 1970. The van der Waals surface area contributed by atoms with Crippen LogP contribution in [0, 0.1) is 5.41 Å². The number of carboxylic acid groups (broad SMARTS) is 1. The Morgan fingerprint density at radius 2 is 1.79 bits per heavy atom. The van der Waals surface area contributed by atoms with Gasteiger partial charge in [-0.15, -0.1) is 0 Å². The van der Waals surface area contributed by atoms with Crippen molar-refractivity contribution >= 4 is 17.5 Å². The molecule has 1 spiro atoms. The van der Waals surface area contributed by atoms with Gasteiger partial charge in [-0.1, -0.05) is 0 Å². The van der Waals surface area contributed by atoms with Gasteiger partial charge < -0.3 is 25.0 Å². The molecule has 0 atom stereocenters. The van der Waals surface area contributed by atoms with Gasteiger partial charge in [-0.2, -0.15) is 10.2 Å². The second-order valence-electron chi connectivity index (χ2n) is 16.1. The Morgan fingerprint density at radius 1 is 1.02 bits per heavy atom. The Labute approximate surface area is 309 Å². The normalized spacial score (nSPS) is 24.9. The Morgan fingerprint density at radius 3 is 2.49 bits per heavy atom. The van der Waals surface area contributed by atoms with Crippen molar-refractivity contribution in [3.8, 4) is 16.9 Å². The first-order valence-electron chi connectivity index (χ1n) is 19.5. The smallest absolute Gasteiger partial charge is 0.335 e. The quantitative estimate of drug-likeness (QED) is 0.193. The van der Waals surface area contributed by atoms with E-state index in [1.165, 1.54) is 36.9 Å². The minimum absolute atomic E-state index is 0.0475. The maximum atomic E-state index is 14.6. The number of aryl methyl sites for hydroxylation is 2. The Hall–Kier alpha value is -4.29. The highest BCUT2D eigenvalue weighted by Crippen LogP contribution is 2.53. The molecule has 0 unspecified atom stereocenters. The topological polar surface area (TPSA) is 101 Å². The van der Waals surface area contributed by atoms with E-state index in [0.717, 1.165) is 106 Å². The van der Waals surface area contributed by atoms with Gasteiger partial charge in [0, 0.05) is 86.5 Å². The van der Waals surface area contributed by atoms with Gasteiger partial charge in [-0.25, -0.2) is 13.6 Å². The van der Waals surface area contributed by atoms with Crippen LogP contribution >= 0.6 is 0 Å². The number of fused-ring (bicyclic) bond motifs is 2. The third kappa shape index (κ3) is 6.51. The molecule has 2 saturated carbocycles. The maximum Gasteiger partial charge on any atom is 0.335 e. The number of hydrogen-bond acceptors (Lipinski definition) is 7. The van der Waals surface area contributed by atoms with E-state index in [1.54, 1.807) is 41.2 Å². The van der Waals surface area contributed by atoms with Crippen LogP contribution in [0.15, 0.2) is 48.8 Å². The molecule has 5 heterocycles. The van der Waals surface area contributed by atoms with Crippen molar-refractivity contribution in [2.45, 2.75) is 102 Å². The molecule has 3 aliphatic heterocycles. The number of ether oxygens (including phenoxy) is 1. The van der Waals surface area contributed by atoms with Gasteiger partial charge in [-0.05, 0) is 117 Å². The van der Waals surface area contributed by atoms with Gasteiger partial charge in [0.15, 0.2) is 5.82 Å². The van der Waals surface area contributed by atoms with E-state index in [-0.39, 0.29) is 17.2 Å². The van der Waals surface area contributed by atoms with Crippen molar-refractivity contribution in [2.75, 3.05) is 31.1 Å². The van der Waals surface area contributed by atoms with Crippen molar-refractivity contribution in [1.29, 1.82) is 0 Å². The number of anilines is 2. The lowest BCUT2D eigenvalue weighted by atomic mass is 9.58. The Balaban J connectivity index is 0.855. The van der Waals surface area contributed by atoms with Crippen LogP contribution in [0.4, 0.5) is 20.3 Å². The first kappa shape index (κ1) is 34.5. The summed E-state index contributed by atoms with van der Waals surface area (Å²) in [6.07, 6.45) is 13.1. The molecule has 10 nitrogen and oxygen atoms in total. The van der Waals surface area contributed by atoms with E-state index < -0.39 is 12.4 Å². The SMILES string of the molecule is Cn1cc(-c2cc3c(cc2C(F)F)N(c2nn(C4CCN(C5CCC6(CC5)CC(Oc5ccc(C(=O)O)cc5)C6)CC4)c4c2CNCC4)CCC3)cn1. The summed E-state index contributed by atoms with van der Waals surface area (Å²) in [5.41, 5.74) is 6.49. The van der Waals surface area contributed by atoms with Crippen LogP contribution in [-0.4, -0.2) is 73.9 Å². The second-order valence-corrected chi connectivity index (χ2v) is 16.1. The first-order chi connectivity index (χ1) is 25.7. The average molecular weight is 726 g/mol. The number of hydrogen-bond donors (Lipinski definition) is 2. The molecule has 0 amide bonds. The van der Waals surface area contributed by atoms with E-state index in [0.29, 0.717) is 23.1 Å². The van der Waals surface area contributed by atoms with Crippen LogP contribution < -0.4 is 15.0 Å². The summed E-state index contributed by atoms with van der Waals surface area (Å²) in [5, 5.41) is 22.3. The largest absolute Gasteiger partial charge is 0.490 e. The molecule has 2 aliphatic carbocycles. The molecule has 2 N–H and O–H groups in total. The second kappa shape index (κ2) is 13.8. The van der Waals surface area contributed by atoms with Crippen LogP contribution in [0.1, 0.15) is 103 Å². The minimum Gasteiger partial charge on any atom is -0.490 e. The minimum atomic E-state index is -2.59. The van der Waals surface area contributed by atoms with E-state index in [4.69, 9.17) is 14.9 Å². The zero-order chi connectivity index (χ0) is 36.3. The fourth-order valence-corrected chi connectivity index (χ4v) is 10.1. The third-order valence-corrected chi connectivity index (χ3v) is 12.9. The molecule has 12 heteroatoms. The lowest BCUT2D eigenvalue weighted by Crippen LogP contribution is -2.50. The lowest BCUT2D eigenvalue weighted by Gasteiger charge is -2.52. The molecule has 2 aromatic carbocycles. The number of halogens is 2. The van der Waals surface area contributed by atoms with Gasteiger partial charge >= 0.3 is 5.97 Å². The molecule has 280 valence electrons. The van der Waals surface area contributed by atoms with Gasteiger partial charge in [0.25, 0.3) is 6.43 Å². The molecule has 5 aliphatic rings. The highest BCUT2D eigenvalue weighted by atomic mass is 19.3. The lowest BCUT2D eigenvalue weighted by molar-refractivity contribution is -0.0564. The monoisotopic (exact) mass is 725 g/mol. The zero-order valence-corrected chi connectivity index (χ0v) is 30.4. The number of rotatable bonds is 8. The summed E-state index contributed by atoms with van der Waals surface area (Å²) in [5.74, 6) is 0.769. The predicted octanol–water partition coefficient (Wildman–Crippen LogP) is 7.46. The maximum absolute atomic E-state index is 14.6. The highest BCUT2D eigenvalue weighted by Gasteiger charge is 2.48. The standard InChI is InChI=1S/C41H49F2N7O3/c1-47-25-28(23-45-47)33-19-27-3-2-16-49(37(27)20-34(33)38(42)43)39-35-24-44-15-10-36(35)50(46-39)30-11-17-48(18-12-30)29-8-13-41(14-9-29)21-32(22-41)53-31-6-4-26(5-7-31)40(51)52/h4-7,19-20,23,25,29-30,32,38,44H,2-3,8-18,21-22,24H2,1H3,(H,51,52). The molecule has 4 aromatic rings. The van der Waals surface area contributed by atoms with E-state index >= 15 is 0 Å². The first-order valence-corrected chi connectivity index (χ1v) is 19.5. The predicted molar refractivity (Wildman–Crippen MR) is 198 cm³/mol. The van der Waals surface area contributed by atoms with Crippen LogP contribution in [0.25, 0.3) is 11.1 Å². The van der Waals surface area contributed by atoms with Crippen molar-refractivity contribution < 1.29 is 23.4 Å². The summed E-state index contributed by atoms with van der Waals surface area (Å²) >= 11 is 0. The zero-order valence-electron chi connectivity index (χ0n) is 30.4. The van der Waals surface area contributed by atoms with Crippen LogP contribution in [0.5, 0.6) is 5.75 Å². The van der Waals surface area contributed by atoms with Crippen molar-refractivity contribution in [3.63, 3.8) is 0 Å². The number of aromatic nitrogens is 4. The fourth-order valence-electron chi connectivity index (χ4n) is 10.1. The molecule has 0 radical (unpaired) electrons. The molecule has 9 rings (SSSR count). The van der Waals surface area contributed by atoms with Crippen LogP contribution in [0.2, 0.25) is 0 Å². The van der Waals surface area contributed by atoms with E-state index in [1.807, 2.05) is 19.3 Å². The summed E-state index contributed by atoms with van der Waals surface area (Å²) in [6.45, 7) is 4.58. The number of aromatic carboxylic acids is 1. The van der Waals surface area contributed by atoms with E-state index in [2.05, 4.69) is 24.9 Å². The summed E-state index contributed by atoms with van der Waals surface area (Å²) < 4.78 is 39.3. The van der Waals surface area contributed by atoms with Crippen LogP contribution in [0.3, 0.4) is 0 Å². The van der Waals surface area contributed by atoms with Gasteiger partial charge in [0.05, 0.1) is 23.9 Å². The summed E-state index contributed by atoms with van der Waals surface area (Å²) in [7, 11) is 1.81. The molecular formula is C41H49F2N7O3. The van der Waals surface area contributed by atoms with Crippen LogP contribution in [-0.2, 0) is 26.4 Å². The number of carbonyl (C=O) groups is 1. The fraction of sp³-hybridized carbons (Fsp3) is 0.537. The molecule has 2 aromatic heterocycles. The van der Waals surface area contributed by atoms with Gasteiger partial charge in [-0.3, -0.25) is 9.36 Å². The van der Waals surface area contributed by atoms with Gasteiger partial charge in [0.1, 0.15) is 5.75 Å². The molecule has 0 bridgehead atoms. The number of nitrogens with one attached hydrogen (secondary N) is 1. The number of piperidine rings is 1. The number of likely N-dealkylation sites (tertiary alicyclic amines) is 1. The van der Waals surface area contributed by atoms with Crippen molar-refractivity contribution in [2.24, 2.45) is 12.5 Å². The molecule has 53 heavy (non-hydrogen) atoms. The number of carboxylic acids is 1. The Kier molecular flexibility index (Phi) is 9.01. The number of benzene rings is 2. The summed E-state index contributed by atoms with van der Waals surface area (Å²) in [6, 6.07) is 11.4. The van der Waals surface area contributed by atoms with E-state index in [9.17, 15) is 13.6 Å². The van der Waals surface area contributed by atoms with Crippen molar-refractivity contribution in [3.05, 3.63) is 76.7 Å². The summed E-state index contributed by atoms with van der Waals surface area (Å²) in [4.78, 5) is 16.1. The highest BCUT2D eigenvalue weighted by molar-refractivity contribution is 5.87. The molecule has 3 fully saturated rings. The third-order valence-electron chi connectivity index (χ3n) is 12.9. The number of alkyl halides is 2. The number of nitrogens with zero attached hydrogens (tertiary/aromatic N) is 6. The van der Waals surface area contributed by atoms with Gasteiger partial charge in [0.2, 0.25) is 0 Å². The molecule has 1 saturated heterocycles. The molecular weight excluding hydrogens is 676 g/mol.